The van der Waals surface area contributed by atoms with Crippen LogP contribution < -0.4 is 11.5 Å². The number of nitrogens with zero attached hydrogens (tertiary/aromatic N) is 2. The molecule has 0 bridgehead atoms. The van der Waals surface area contributed by atoms with Crippen molar-refractivity contribution in [3.05, 3.63) is 17.9 Å². The van der Waals surface area contributed by atoms with Crippen molar-refractivity contribution in [3.63, 3.8) is 0 Å². The zero-order valence-electron chi connectivity index (χ0n) is 14.5. The summed E-state index contributed by atoms with van der Waals surface area (Å²) in [5.41, 5.74) is 11.0. The Bertz CT molecular complexity index is 782. The van der Waals surface area contributed by atoms with Crippen LogP contribution in [-0.4, -0.2) is 61.7 Å². The van der Waals surface area contributed by atoms with Gasteiger partial charge in [0, 0.05) is 38.1 Å². The molecule has 1 aliphatic carbocycles. The number of carbonyl (C=O) groups excluding carboxylic acids is 2. The lowest BCUT2D eigenvalue weighted by molar-refractivity contribution is -0.137. The van der Waals surface area contributed by atoms with Crippen molar-refractivity contribution in [2.45, 2.75) is 36.8 Å². The van der Waals surface area contributed by atoms with E-state index in [9.17, 15) is 18.0 Å². The highest BCUT2D eigenvalue weighted by molar-refractivity contribution is 7.89. The largest absolute Gasteiger partial charge is 0.438 e. The summed E-state index contributed by atoms with van der Waals surface area (Å²) in [6.07, 6.45) is 3.44. The molecule has 26 heavy (non-hydrogen) atoms. The van der Waals surface area contributed by atoms with E-state index in [1.165, 1.54) is 16.4 Å². The molecule has 9 nitrogen and oxygen atoms in total. The van der Waals surface area contributed by atoms with Gasteiger partial charge in [-0.2, -0.15) is 4.31 Å². The van der Waals surface area contributed by atoms with Crippen LogP contribution in [0.15, 0.2) is 21.6 Å². The number of sulfonamides is 1. The summed E-state index contributed by atoms with van der Waals surface area (Å²) in [5.74, 6) is -1.03. The van der Waals surface area contributed by atoms with Crippen LogP contribution in [0.3, 0.4) is 0 Å². The van der Waals surface area contributed by atoms with E-state index in [1.54, 1.807) is 4.90 Å². The first-order valence-electron chi connectivity index (χ1n) is 8.73. The van der Waals surface area contributed by atoms with Crippen LogP contribution in [0.25, 0.3) is 0 Å². The molecule has 1 aromatic heterocycles. The first-order chi connectivity index (χ1) is 12.3. The van der Waals surface area contributed by atoms with Crippen molar-refractivity contribution in [2.75, 3.05) is 26.2 Å². The van der Waals surface area contributed by atoms with Crippen LogP contribution in [-0.2, 0) is 14.8 Å². The van der Waals surface area contributed by atoms with Gasteiger partial charge in [-0.3, -0.25) is 9.59 Å². The highest BCUT2D eigenvalue weighted by atomic mass is 32.2. The summed E-state index contributed by atoms with van der Waals surface area (Å²) in [6.45, 7) is 1.01. The molecule has 10 heteroatoms. The Morgan fingerprint density at radius 3 is 2.38 bits per heavy atom. The summed E-state index contributed by atoms with van der Waals surface area (Å²) in [7, 11) is -3.86. The van der Waals surface area contributed by atoms with Gasteiger partial charge in [-0.1, -0.05) is 6.42 Å². The van der Waals surface area contributed by atoms with Gasteiger partial charge in [0.25, 0.3) is 15.9 Å². The molecular formula is C16H24N4O5S. The van der Waals surface area contributed by atoms with Gasteiger partial charge < -0.3 is 20.8 Å². The van der Waals surface area contributed by atoms with E-state index in [0.29, 0.717) is 19.5 Å². The van der Waals surface area contributed by atoms with Gasteiger partial charge in [0.1, 0.15) is 0 Å². The highest BCUT2D eigenvalue weighted by Gasteiger charge is 2.35. The topological polar surface area (TPSA) is 140 Å². The first kappa shape index (κ1) is 18.9. The lowest BCUT2D eigenvalue weighted by Gasteiger charge is -2.36. The molecule has 2 amide bonds. The minimum Gasteiger partial charge on any atom is -0.438 e. The van der Waals surface area contributed by atoms with Gasteiger partial charge in [0.05, 0.1) is 0 Å². The Labute approximate surface area is 152 Å². The number of hydrogen-bond donors (Lipinski definition) is 2. The first-order valence-corrected chi connectivity index (χ1v) is 10.2. The van der Waals surface area contributed by atoms with E-state index in [4.69, 9.17) is 15.9 Å². The molecule has 0 radical (unpaired) electrons. The van der Waals surface area contributed by atoms with E-state index in [-0.39, 0.29) is 41.8 Å². The minimum absolute atomic E-state index is 0.0613. The molecule has 2 heterocycles. The third kappa shape index (κ3) is 3.76. The number of rotatable bonds is 4. The maximum atomic E-state index is 12.6. The average Bonchev–Trinajstić information content (AvgIpc) is 3.12. The predicted octanol–water partition coefficient (Wildman–Crippen LogP) is -0.271. The van der Waals surface area contributed by atoms with Gasteiger partial charge >= 0.3 is 0 Å². The van der Waals surface area contributed by atoms with Crippen molar-refractivity contribution >= 4 is 21.8 Å². The minimum atomic E-state index is -3.86. The standard InChI is InChI=1S/C16H24N4O5S/c17-12-3-1-2-11(10-12)16(22)19-6-8-20(9-7-19)26(23,24)14-5-4-13(25-14)15(18)21/h4-5,11-12H,1-3,6-10,17H2,(H2,18,21). The molecule has 2 aliphatic rings. The molecule has 2 fully saturated rings. The van der Waals surface area contributed by atoms with E-state index in [2.05, 4.69) is 0 Å². The van der Waals surface area contributed by atoms with Crippen LogP contribution in [0.4, 0.5) is 0 Å². The number of primary amides is 1. The second-order valence-electron chi connectivity index (χ2n) is 6.84. The monoisotopic (exact) mass is 384 g/mol. The fourth-order valence-corrected chi connectivity index (χ4v) is 4.91. The fourth-order valence-electron chi connectivity index (χ4n) is 3.58. The summed E-state index contributed by atoms with van der Waals surface area (Å²) < 4.78 is 31.5. The van der Waals surface area contributed by atoms with Crippen molar-refractivity contribution in [1.29, 1.82) is 0 Å². The summed E-state index contributed by atoms with van der Waals surface area (Å²) in [4.78, 5) is 25.4. The number of furan rings is 1. The summed E-state index contributed by atoms with van der Waals surface area (Å²) in [5, 5.41) is -0.315. The highest BCUT2D eigenvalue weighted by Crippen LogP contribution is 2.26. The van der Waals surface area contributed by atoms with Crippen LogP contribution in [0.5, 0.6) is 0 Å². The predicted molar refractivity (Wildman–Crippen MR) is 92.5 cm³/mol. The Morgan fingerprint density at radius 2 is 1.81 bits per heavy atom. The third-order valence-corrected chi connectivity index (χ3v) is 6.81. The number of nitrogens with two attached hydrogens (primary N) is 2. The number of piperazine rings is 1. The van der Waals surface area contributed by atoms with E-state index in [0.717, 1.165) is 19.3 Å². The normalized spacial score (nSPS) is 25.2. The molecule has 2 unspecified atom stereocenters. The van der Waals surface area contributed by atoms with Crippen molar-refractivity contribution < 1.29 is 22.4 Å². The quantitative estimate of drug-likeness (QED) is 0.732. The molecule has 2 atom stereocenters. The molecule has 1 aromatic rings. The van der Waals surface area contributed by atoms with Crippen LogP contribution >= 0.6 is 0 Å². The van der Waals surface area contributed by atoms with Gasteiger partial charge in [-0.05, 0) is 31.4 Å². The Balaban J connectivity index is 1.62. The van der Waals surface area contributed by atoms with Crippen molar-refractivity contribution in [1.82, 2.24) is 9.21 Å². The van der Waals surface area contributed by atoms with Crippen LogP contribution in [0.2, 0.25) is 0 Å². The van der Waals surface area contributed by atoms with Gasteiger partial charge in [0.2, 0.25) is 11.0 Å². The molecule has 1 saturated carbocycles. The maximum Gasteiger partial charge on any atom is 0.284 e. The second-order valence-corrected chi connectivity index (χ2v) is 8.70. The molecule has 0 spiro atoms. The van der Waals surface area contributed by atoms with Gasteiger partial charge in [0.15, 0.2) is 5.76 Å². The smallest absolute Gasteiger partial charge is 0.284 e. The SMILES string of the molecule is NC(=O)c1ccc(S(=O)(=O)N2CCN(C(=O)C3CCCC(N)C3)CC2)o1. The maximum absolute atomic E-state index is 12.6. The van der Waals surface area contributed by atoms with Crippen molar-refractivity contribution in [3.8, 4) is 0 Å². The molecule has 0 aromatic carbocycles. The van der Waals surface area contributed by atoms with Crippen LogP contribution in [0.1, 0.15) is 36.2 Å². The van der Waals surface area contributed by atoms with Gasteiger partial charge in [-0.15, -0.1) is 0 Å². The fraction of sp³-hybridized carbons (Fsp3) is 0.625. The number of hydrogen-bond acceptors (Lipinski definition) is 6. The molecule has 1 saturated heterocycles. The van der Waals surface area contributed by atoms with E-state index < -0.39 is 15.9 Å². The second kappa shape index (κ2) is 7.37. The molecule has 1 aliphatic heterocycles. The third-order valence-electron chi connectivity index (χ3n) is 5.03. The summed E-state index contributed by atoms with van der Waals surface area (Å²) in [6, 6.07) is 2.52. The molecule has 3 rings (SSSR count). The number of amides is 2. The Morgan fingerprint density at radius 1 is 1.12 bits per heavy atom. The van der Waals surface area contributed by atoms with E-state index in [1.807, 2.05) is 0 Å². The Hall–Kier alpha value is -1.91. The molecular weight excluding hydrogens is 360 g/mol. The lowest BCUT2D eigenvalue weighted by atomic mass is 9.85. The zero-order valence-corrected chi connectivity index (χ0v) is 15.3. The molecule has 144 valence electrons. The Kier molecular flexibility index (Phi) is 5.35. The lowest BCUT2D eigenvalue weighted by Crippen LogP contribution is -2.52. The van der Waals surface area contributed by atoms with Crippen molar-refractivity contribution in [2.24, 2.45) is 17.4 Å². The average molecular weight is 384 g/mol. The van der Waals surface area contributed by atoms with E-state index >= 15 is 0 Å². The van der Waals surface area contributed by atoms with Gasteiger partial charge in [-0.25, -0.2) is 8.42 Å². The van der Waals surface area contributed by atoms with Crippen LogP contribution in [0, 0.1) is 5.92 Å². The molecule has 4 N–H and O–H groups in total. The zero-order chi connectivity index (χ0) is 18.9. The summed E-state index contributed by atoms with van der Waals surface area (Å²) >= 11 is 0. The number of carbonyl (C=O) groups is 2.